The predicted octanol–water partition coefficient (Wildman–Crippen LogP) is 5.55. The molecule has 4 rings (SSSR count). The van der Waals surface area contributed by atoms with E-state index in [1.54, 1.807) is 24.3 Å². The molecule has 0 saturated heterocycles. The molecule has 0 unspecified atom stereocenters. The summed E-state index contributed by atoms with van der Waals surface area (Å²) in [5.41, 5.74) is 1.59. The van der Waals surface area contributed by atoms with Gasteiger partial charge in [0, 0.05) is 5.69 Å². The Bertz CT molecular complexity index is 1310. The molecule has 3 aromatic carbocycles. The van der Waals surface area contributed by atoms with Crippen LogP contribution in [0.3, 0.4) is 0 Å². The number of fused-ring (bicyclic) bond motifs is 1. The minimum absolute atomic E-state index is 0.120. The first-order valence-electron chi connectivity index (χ1n) is 8.31. The highest BCUT2D eigenvalue weighted by Crippen LogP contribution is 2.31. The van der Waals surface area contributed by atoms with E-state index in [1.165, 1.54) is 24.3 Å². The lowest BCUT2D eigenvalue weighted by atomic mass is 10.1. The zero-order chi connectivity index (χ0) is 20.5. The van der Waals surface area contributed by atoms with Gasteiger partial charge in [0.25, 0.3) is 5.91 Å². The van der Waals surface area contributed by atoms with E-state index >= 15 is 0 Å². The third-order valence-corrected chi connectivity index (χ3v) is 4.46. The molecule has 0 radical (unpaired) electrons. The monoisotopic (exact) mass is 409 g/mol. The zero-order valence-electron chi connectivity index (χ0n) is 14.5. The summed E-state index contributed by atoms with van der Waals surface area (Å²) in [6.45, 7) is 0. The number of hydrogen-bond acceptors (Lipinski definition) is 4. The van der Waals surface area contributed by atoms with E-state index in [0.717, 1.165) is 12.1 Å². The lowest BCUT2D eigenvalue weighted by Gasteiger charge is -2.06. The highest BCUT2D eigenvalue weighted by atomic mass is 35.5. The number of aromatic nitrogens is 1. The molecule has 1 heterocycles. The molecular formula is C21H10ClF2N3O2. The summed E-state index contributed by atoms with van der Waals surface area (Å²) in [6.07, 6.45) is 0. The molecule has 1 N–H and O–H groups in total. The van der Waals surface area contributed by atoms with Crippen molar-refractivity contribution in [2.24, 2.45) is 0 Å². The summed E-state index contributed by atoms with van der Waals surface area (Å²) < 4.78 is 32.9. The first-order valence-corrected chi connectivity index (χ1v) is 8.69. The van der Waals surface area contributed by atoms with Crippen LogP contribution in [0.15, 0.2) is 59.0 Å². The van der Waals surface area contributed by atoms with E-state index < -0.39 is 17.5 Å². The fourth-order valence-electron chi connectivity index (χ4n) is 2.75. The third-order valence-electron chi connectivity index (χ3n) is 4.15. The first kappa shape index (κ1) is 18.6. The molecular weight excluding hydrogens is 400 g/mol. The molecule has 0 atom stereocenters. The van der Waals surface area contributed by atoms with Crippen molar-refractivity contribution in [1.82, 2.24) is 4.98 Å². The van der Waals surface area contributed by atoms with Crippen LogP contribution in [0.5, 0.6) is 0 Å². The molecule has 0 aliphatic heterocycles. The molecule has 5 nitrogen and oxygen atoms in total. The molecule has 29 heavy (non-hydrogen) atoms. The number of anilines is 1. The number of nitrogens with one attached hydrogen (secondary N) is 1. The highest BCUT2D eigenvalue weighted by molar-refractivity contribution is 6.33. The summed E-state index contributed by atoms with van der Waals surface area (Å²) in [5, 5.41) is 11.5. The number of rotatable bonds is 3. The van der Waals surface area contributed by atoms with Crippen LogP contribution in [0.25, 0.3) is 22.6 Å². The van der Waals surface area contributed by atoms with Gasteiger partial charge in [-0.15, -0.1) is 0 Å². The van der Waals surface area contributed by atoms with Crippen LogP contribution in [-0.2, 0) is 0 Å². The van der Waals surface area contributed by atoms with Crippen molar-refractivity contribution in [2.45, 2.75) is 0 Å². The minimum Gasteiger partial charge on any atom is -0.436 e. The smallest absolute Gasteiger partial charge is 0.258 e. The number of hydrogen-bond donors (Lipinski definition) is 1. The maximum atomic E-state index is 14.0. The van der Waals surface area contributed by atoms with Crippen molar-refractivity contribution >= 4 is 34.3 Å². The molecule has 142 valence electrons. The SMILES string of the molecule is N#Cc1ccc(C(=O)Nc2ccc3oc(-c4ccc(F)cc4Cl)nc3c2)c(F)c1. The predicted molar refractivity (Wildman–Crippen MR) is 103 cm³/mol. The van der Waals surface area contributed by atoms with Crippen LogP contribution in [0.2, 0.25) is 5.02 Å². The van der Waals surface area contributed by atoms with Gasteiger partial charge >= 0.3 is 0 Å². The zero-order valence-corrected chi connectivity index (χ0v) is 15.3. The van der Waals surface area contributed by atoms with Gasteiger partial charge in [0.1, 0.15) is 17.2 Å². The van der Waals surface area contributed by atoms with E-state index in [9.17, 15) is 13.6 Å². The first-order chi connectivity index (χ1) is 13.9. The van der Waals surface area contributed by atoms with Crippen LogP contribution in [0.1, 0.15) is 15.9 Å². The topological polar surface area (TPSA) is 78.9 Å². The van der Waals surface area contributed by atoms with Crippen LogP contribution in [0.4, 0.5) is 14.5 Å². The molecule has 0 aliphatic rings. The molecule has 0 saturated carbocycles. The van der Waals surface area contributed by atoms with Crippen LogP contribution in [0, 0.1) is 23.0 Å². The van der Waals surface area contributed by atoms with E-state index in [2.05, 4.69) is 10.3 Å². The Morgan fingerprint density at radius 2 is 1.93 bits per heavy atom. The average Bonchev–Trinajstić information content (AvgIpc) is 3.10. The standard InChI is InChI=1S/C21H10ClF2N3O2/c22-16-8-12(23)2-5-14(16)21-27-18-9-13(3-6-19(18)29-21)26-20(28)15-4-1-11(10-25)7-17(15)24/h1-9H,(H,26,28). The quantitative estimate of drug-likeness (QED) is 0.481. The van der Waals surface area contributed by atoms with Gasteiger partial charge in [-0.1, -0.05) is 11.6 Å². The number of carbonyl (C=O) groups is 1. The van der Waals surface area contributed by atoms with Crippen molar-refractivity contribution in [3.63, 3.8) is 0 Å². The minimum atomic E-state index is -0.794. The van der Waals surface area contributed by atoms with Crippen LogP contribution >= 0.6 is 11.6 Å². The second kappa shape index (κ2) is 7.34. The number of oxazole rings is 1. The Kier molecular flexibility index (Phi) is 4.71. The Morgan fingerprint density at radius 3 is 2.66 bits per heavy atom. The molecule has 8 heteroatoms. The Balaban J connectivity index is 1.62. The Morgan fingerprint density at radius 1 is 1.10 bits per heavy atom. The molecule has 0 fully saturated rings. The summed E-state index contributed by atoms with van der Waals surface area (Å²) in [5.74, 6) is -1.74. The van der Waals surface area contributed by atoms with Gasteiger partial charge in [-0.3, -0.25) is 4.79 Å². The van der Waals surface area contributed by atoms with E-state index in [0.29, 0.717) is 22.4 Å². The highest BCUT2D eigenvalue weighted by Gasteiger charge is 2.15. The third kappa shape index (κ3) is 3.66. The lowest BCUT2D eigenvalue weighted by Crippen LogP contribution is -2.13. The van der Waals surface area contributed by atoms with Crippen molar-refractivity contribution in [1.29, 1.82) is 5.26 Å². The fraction of sp³-hybridized carbons (Fsp3) is 0. The van der Waals surface area contributed by atoms with Crippen LogP contribution < -0.4 is 5.32 Å². The molecule has 1 amide bonds. The van der Waals surface area contributed by atoms with E-state index in [1.807, 2.05) is 0 Å². The number of benzene rings is 3. The molecule has 0 spiro atoms. The number of nitrogens with zero attached hydrogens (tertiary/aromatic N) is 2. The van der Waals surface area contributed by atoms with Gasteiger partial charge in [0.15, 0.2) is 5.58 Å². The number of halogens is 3. The van der Waals surface area contributed by atoms with Crippen molar-refractivity contribution in [3.05, 3.63) is 82.4 Å². The van der Waals surface area contributed by atoms with Gasteiger partial charge in [-0.05, 0) is 54.6 Å². The van der Waals surface area contributed by atoms with Gasteiger partial charge in [-0.2, -0.15) is 5.26 Å². The molecule has 0 aliphatic carbocycles. The Labute approximate surface area is 168 Å². The Hall–Kier alpha value is -3.76. The van der Waals surface area contributed by atoms with Crippen molar-refractivity contribution < 1.29 is 18.0 Å². The normalized spacial score (nSPS) is 10.7. The van der Waals surface area contributed by atoms with Gasteiger partial charge < -0.3 is 9.73 Å². The fourth-order valence-corrected chi connectivity index (χ4v) is 3.00. The second-order valence-corrected chi connectivity index (χ2v) is 6.49. The van der Waals surface area contributed by atoms with Crippen molar-refractivity contribution in [2.75, 3.05) is 5.32 Å². The lowest BCUT2D eigenvalue weighted by molar-refractivity contribution is 0.102. The molecule has 1 aromatic heterocycles. The maximum absolute atomic E-state index is 14.0. The summed E-state index contributed by atoms with van der Waals surface area (Å²) in [7, 11) is 0. The summed E-state index contributed by atoms with van der Waals surface area (Å²) in [4.78, 5) is 16.7. The second-order valence-electron chi connectivity index (χ2n) is 6.09. The van der Waals surface area contributed by atoms with E-state index in [-0.39, 0.29) is 22.0 Å². The number of amides is 1. The van der Waals surface area contributed by atoms with Crippen molar-refractivity contribution in [3.8, 4) is 17.5 Å². The van der Waals surface area contributed by atoms with Crippen LogP contribution in [-0.4, -0.2) is 10.9 Å². The number of carbonyl (C=O) groups excluding carboxylic acids is 1. The van der Waals surface area contributed by atoms with Gasteiger partial charge in [-0.25, -0.2) is 13.8 Å². The largest absolute Gasteiger partial charge is 0.436 e. The number of nitriles is 1. The van der Waals surface area contributed by atoms with Gasteiger partial charge in [0.05, 0.1) is 27.8 Å². The average molecular weight is 410 g/mol. The molecule has 4 aromatic rings. The summed E-state index contributed by atoms with van der Waals surface area (Å²) in [6, 6.07) is 14.0. The maximum Gasteiger partial charge on any atom is 0.258 e. The summed E-state index contributed by atoms with van der Waals surface area (Å²) >= 11 is 6.04. The van der Waals surface area contributed by atoms with Gasteiger partial charge in [0.2, 0.25) is 5.89 Å². The van der Waals surface area contributed by atoms with E-state index in [4.69, 9.17) is 21.3 Å². The molecule has 0 bridgehead atoms.